The average Bonchev–Trinajstić information content (AvgIpc) is 2.59. The third-order valence-electron chi connectivity index (χ3n) is 3.35. The van der Waals surface area contributed by atoms with Gasteiger partial charge in [0.1, 0.15) is 5.69 Å². The minimum atomic E-state index is -1.12. The van der Waals surface area contributed by atoms with E-state index in [-0.39, 0.29) is 16.3 Å². The highest BCUT2D eigenvalue weighted by Gasteiger charge is 2.26. The zero-order valence-electron chi connectivity index (χ0n) is 11.6. The van der Waals surface area contributed by atoms with E-state index in [1.165, 1.54) is 12.3 Å². The Kier molecular flexibility index (Phi) is 4.32. The van der Waals surface area contributed by atoms with Crippen LogP contribution in [0.25, 0.3) is 0 Å². The summed E-state index contributed by atoms with van der Waals surface area (Å²) in [4.78, 5) is 28.9. The Balaban J connectivity index is 2.15. The van der Waals surface area contributed by atoms with Gasteiger partial charge >= 0.3 is 5.97 Å². The number of carboxylic acid groups (broad SMARTS) is 1. The van der Waals surface area contributed by atoms with Gasteiger partial charge in [-0.3, -0.25) is 4.79 Å². The lowest BCUT2D eigenvalue weighted by Gasteiger charge is -2.22. The van der Waals surface area contributed by atoms with E-state index in [4.69, 9.17) is 5.11 Å². The number of carboxylic acids is 1. The minimum absolute atomic E-state index is 0.0969. The van der Waals surface area contributed by atoms with Gasteiger partial charge in [0.15, 0.2) is 0 Å². The van der Waals surface area contributed by atoms with Gasteiger partial charge in [-0.1, -0.05) is 13.8 Å². The van der Waals surface area contributed by atoms with Crippen molar-refractivity contribution in [1.29, 1.82) is 0 Å². The Hall–Kier alpha value is -1.56. The van der Waals surface area contributed by atoms with Crippen LogP contribution < -0.4 is 0 Å². The van der Waals surface area contributed by atoms with E-state index >= 15 is 0 Å². The first-order chi connectivity index (χ1) is 9.39. The predicted molar refractivity (Wildman–Crippen MR) is 78.3 cm³/mol. The fraction of sp³-hybridized carbons (Fsp3) is 0.500. The van der Waals surface area contributed by atoms with Crippen molar-refractivity contribution < 1.29 is 14.7 Å². The van der Waals surface area contributed by atoms with Crippen molar-refractivity contribution >= 4 is 23.6 Å². The molecule has 108 valence electrons. The molecule has 0 saturated carbocycles. The molecule has 0 spiro atoms. The quantitative estimate of drug-likeness (QED) is 0.905. The van der Waals surface area contributed by atoms with Gasteiger partial charge in [0.25, 0.3) is 5.91 Å². The molecule has 0 atom stereocenters. The molecule has 5 nitrogen and oxygen atoms in total. The summed E-state index contributed by atoms with van der Waals surface area (Å²) < 4.78 is 0.180. The fourth-order valence-corrected chi connectivity index (χ4v) is 3.19. The first-order valence-electron chi connectivity index (χ1n) is 6.52. The van der Waals surface area contributed by atoms with Crippen molar-refractivity contribution in [2.75, 3.05) is 18.8 Å². The normalized spacial score (nSPS) is 18.4. The maximum atomic E-state index is 12.4. The van der Waals surface area contributed by atoms with E-state index in [9.17, 15) is 9.59 Å². The summed E-state index contributed by atoms with van der Waals surface area (Å²) in [5.41, 5.74) is 0.294. The number of hydrogen-bond acceptors (Lipinski definition) is 4. The number of carbonyl (C=O) groups excluding carboxylic acids is 1. The van der Waals surface area contributed by atoms with Crippen molar-refractivity contribution in [3.63, 3.8) is 0 Å². The standard InChI is InChI=1S/C14H18N2O3S/c1-14(2)4-6-16(7-8-20-14)12(17)10-3-5-15-11(9-10)13(18)19/h3,5,9H,4,6-8H2,1-2H3,(H,18,19). The molecule has 1 aliphatic heterocycles. The van der Waals surface area contributed by atoms with E-state index in [0.29, 0.717) is 18.7 Å². The largest absolute Gasteiger partial charge is 0.477 e. The molecule has 20 heavy (non-hydrogen) atoms. The van der Waals surface area contributed by atoms with Crippen molar-refractivity contribution in [2.24, 2.45) is 0 Å². The molecule has 1 amide bonds. The Morgan fingerprint density at radius 2 is 2.15 bits per heavy atom. The highest BCUT2D eigenvalue weighted by atomic mass is 32.2. The SMILES string of the molecule is CC1(C)CCN(C(=O)c2ccnc(C(=O)O)c2)CCS1. The first-order valence-corrected chi connectivity index (χ1v) is 7.50. The van der Waals surface area contributed by atoms with Crippen LogP contribution in [0, 0.1) is 0 Å². The summed E-state index contributed by atoms with van der Waals surface area (Å²) in [6.07, 6.45) is 2.30. The van der Waals surface area contributed by atoms with E-state index in [1.807, 2.05) is 11.8 Å². The van der Waals surface area contributed by atoms with Crippen LogP contribution in [0.5, 0.6) is 0 Å². The lowest BCUT2D eigenvalue weighted by Crippen LogP contribution is -2.33. The number of hydrogen-bond donors (Lipinski definition) is 1. The van der Waals surface area contributed by atoms with Crippen LogP contribution in [-0.4, -0.2) is 50.5 Å². The fourth-order valence-electron chi connectivity index (χ4n) is 2.09. The summed E-state index contributed by atoms with van der Waals surface area (Å²) in [6, 6.07) is 2.91. The summed E-state index contributed by atoms with van der Waals surface area (Å²) in [6.45, 7) is 5.75. The van der Waals surface area contributed by atoms with Gasteiger partial charge in [0.05, 0.1) is 0 Å². The molecule has 0 bridgehead atoms. The molecule has 0 unspecified atom stereocenters. The number of carbonyl (C=O) groups is 2. The third kappa shape index (κ3) is 3.50. The maximum Gasteiger partial charge on any atom is 0.354 e. The summed E-state index contributed by atoms with van der Waals surface area (Å²) in [5.74, 6) is -0.337. The molecular weight excluding hydrogens is 276 g/mol. The lowest BCUT2D eigenvalue weighted by atomic mass is 10.1. The highest BCUT2D eigenvalue weighted by Crippen LogP contribution is 2.31. The van der Waals surface area contributed by atoms with Gasteiger partial charge in [0, 0.05) is 35.3 Å². The number of amides is 1. The van der Waals surface area contributed by atoms with Crippen molar-refractivity contribution in [1.82, 2.24) is 9.88 Å². The van der Waals surface area contributed by atoms with Crippen LogP contribution in [0.15, 0.2) is 18.3 Å². The molecule has 1 saturated heterocycles. The molecule has 0 aromatic carbocycles. The highest BCUT2D eigenvalue weighted by molar-refractivity contribution is 8.00. The number of rotatable bonds is 2. The number of nitrogens with zero attached hydrogens (tertiary/aromatic N) is 2. The molecule has 1 aromatic heterocycles. The number of aromatic nitrogens is 1. The van der Waals surface area contributed by atoms with Crippen LogP contribution in [0.2, 0.25) is 0 Å². The molecule has 6 heteroatoms. The maximum absolute atomic E-state index is 12.4. The van der Waals surface area contributed by atoms with E-state index in [1.54, 1.807) is 11.0 Å². The molecular formula is C14H18N2O3S. The zero-order valence-corrected chi connectivity index (χ0v) is 12.4. The Labute approximate surface area is 122 Å². The smallest absolute Gasteiger partial charge is 0.354 e. The topological polar surface area (TPSA) is 70.5 Å². The van der Waals surface area contributed by atoms with Crippen LogP contribution in [-0.2, 0) is 0 Å². The van der Waals surface area contributed by atoms with Crippen LogP contribution >= 0.6 is 11.8 Å². The van der Waals surface area contributed by atoms with Crippen molar-refractivity contribution in [2.45, 2.75) is 25.0 Å². The number of thioether (sulfide) groups is 1. The van der Waals surface area contributed by atoms with Crippen LogP contribution in [0.1, 0.15) is 41.1 Å². The van der Waals surface area contributed by atoms with E-state index < -0.39 is 5.97 Å². The second-order valence-corrected chi connectivity index (χ2v) is 7.19. The zero-order chi connectivity index (χ0) is 14.8. The molecule has 0 aliphatic carbocycles. The Morgan fingerprint density at radius 3 is 2.85 bits per heavy atom. The van der Waals surface area contributed by atoms with Crippen LogP contribution in [0.4, 0.5) is 0 Å². The third-order valence-corrected chi connectivity index (χ3v) is 4.72. The molecule has 2 rings (SSSR count). The average molecular weight is 294 g/mol. The minimum Gasteiger partial charge on any atom is -0.477 e. The number of pyridine rings is 1. The molecule has 1 aromatic rings. The van der Waals surface area contributed by atoms with Gasteiger partial charge in [0.2, 0.25) is 0 Å². The molecule has 1 aliphatic rings. The monoisotopic (exact) mass is 294 g/mol. The summed E-state index contributed by atoms with van der Waals surface area (Å²) in [7, 11) is 0. The second kappa shape index (κ2) is 5.83. The van der Waals surface area contributed by atoms with E-state index in [2.05, 4.69) is 18.8 Å². The molecule has 2 heterocycles. The van der Waals surface area contributed by atoms with Gasteiger partial charge in [-0.25, -0.2) is 9.78 Å². The van der Waals surface area contributed by atoms with Gasteiger partial charge in [-0.2, -0.15) is 11.8 Å². The predicted octanol–water partition coefficient (Wildman–Crippen LogP) is 2.14. The van der Waals surface area contributed by atoms with Crippen LogP contribution in [0.3, 0.4) is 0 Å². The van der Waals surface area contributed by atoms with Gasteiger partial charge < -0.3 is 10.0 Å². The van der Waals surface area contributed by atoms with Crippen molar-refractivity contribution in [3.05, 3.63) is 29.6 Å². The summed E-state index contributed by atoms with van der Waals surface area (Å²) in [5, 5.41) is 8.92. The Bertz CT molecular complexity index is 531. The Morgan fingerprint density at radius 1 is 1.40 bits per heavy atom. The lowest BCUT2D eigenvalue weighted by molar-refractivity contribution is 0.0690. The van der Waals surface area contributed by atoms with E-state index in [0.717, 1.165) is 12.2 Å². The molecule has 1 fully saturated rings. The molecule has 0 radical (unpaired) electrons. The first kappa shape index (κ1) is 14.8. The molecule has 1 N–H and O–H groups in total. The number of aromatic carboxylic acids is 1. The van der Waals surface area contributed by atoms with Gasteiger partial charge in [-0.15, -0.1) is 0 Å². The second-order valence-electron chi connectivity index (χ2n) is 5.39. The summed E-state index contributed by atoms with van der Waals surface area (Å²) >= 11 is 1.87. The van der Waals surface area contributed by atoms with Crippen molar-refractivity contribution in [3.8, 4) is 0 Å². The van der Waals surface area contributed by atoms with Gasteiger partial charge in [-0.05, 0) is 18.6 Å².